The van der Waals surface area contributed by atoms with Crippen molar-refractivity contribution in [2.75, 3.05) is 5.32 Å². The molecule has 0 aromatic heterocycles. The number of hydrogen-bond acceptors (Lipinski definition) is 1. The zero-order chi connectivity index (χ0) is 13.0. The molecule has 0 saturated heterocycles. The monoisotopic (exact) mass is 266 g/mol. The second kappa shape index (κ2) is 6.14. The van der Waals surface area contributed by atoms with E-state index in [-0.39, 0.29) is 5.82 Å². The van der Waals surface area contributed by atoms with Crippen LogP contribution in [0.15, 0.2) is 24.3 Å². The Bertz CT molecular complexity index is 405. The summed E-state index contributed by atoms with van der Waals surface area (Å²) >= 11 is 5.29. The van der Waals surface area contributed by atoms with Crippen molar-refractivity contribution in [2.45, 2.75) is 38.6 Å². The van der Waals surface area contributed by atoms with Crippen molar-refractivity contribution in [1.29, 1.82) is 0 Å². The van der Waals surface area contributed by atoms with E-state index in [2.05, 4.69) is 17.6 Å². The van der Waals surface area contributed by atoms with E-state index < -0.39 is 0 Å². The zero-order valence-electron chi connectivity index (χ0n) is 10.6. The molecule has 0 unspecified atom stereocenters. The summed E-state index contributed by atoms with van der Waals surface area (Å²) in [6.45, 7) is 2.26. The van der Waals surface area contributed by atoms with Gasteiger partial charge in [0.15, 0.2) is 5.11 Å². The fraction of sp³-hybridized carbons (Fsp3) is 0.500. The predicted molar refractivity (Wildman–Crippen MR) is 77.2 cm³/mol. The second-order valence-corrected chi connectivity index (χ2v) is 5.38. The number of nitrogens with one attached hydrogen (secondary N) is 2. The maximum atomic E-state index is 12.8. The van der Waals surface area contributed by atoms with E-state index in [9.17, 15) is 4.39 Å². The minimum atomic E-state index is -0.236. The first kappa shape index (κ1) is 13.3. The average Bonchev–Trinajstić information content (AvgIpc) is 2.35. The lowest BCUT2D eigenvalue weighted by Gasteiger charge is -2.30. The lowest BCUT2D eigenvalue weighted by molar-refractivity contribution is 0.309. The summed E-state index contributed by atoms with van der Waals surface area (Å²) in [4.78, 5) is 0. The van der Waals surface area contributed by atoms with Crippen molar-refractivity contribution in [3.63, 3.8) is 0 Å². The van der Waals surface area contributed by atoms with Crippen LogP contribution in [0.1, 0.15) is 32.6 Å². The van der Waals surface area contributed by atoms with E-state index >= 15 is 0 Å². The number of hydrogen-bond donors (Lipinski definition) is 2. The molecule has 0 bridgehead atoms. The average molecular weight is 266 g/mol. The zero-order valence-corrected chi connectivity index (χ0v) is 11.4. The highest BCUT2D eigenvalue weighted by Crippen LogP contribution is 2.23. The Hall–Kier alpha value is -1.16. The van der Waals surface area contributed by atoms with Crippen LogP contribution in [0.4, 0.5) is 10.1 Å². The number of thiocarbonyl (C=S) groups is 1. The highest BCUT2D eigenvalue weighted by molar-refractivity contribution is 7.80. The Kier molecular flexibility index (Phi) is 4.53. The summed E-state index contributed by atoms with van der Waals surface area (Å²) < 4.78 is 12.8. The number of rotatable bonds is 2. The molecule has 0 heterocycles. The van der Waals surface area contributed by atoms with E-state index in [0.29, 0.717) is 17.1 Å². The molecule has 1 aromatic rings. The Morgan fingerprint density at radius 2 is 1.89 bits per heavy atom. The Morgan fingerprint density at radius 3 is 2.56 bits per heavy atom. The molecule has 0 spiro atoms. The van der Waals surface area contributed by atoms with Crippen molar-refractivity contribution in [3.8, 4) is 0 Å². The SMILES string of the molecule is C[C@@H]1CCCC[C@H]1NC(=S)Nc1ccc(F)cc1. The van der Waals surface area contributed by atoms with Crippen molar-refractivity contribution in [3.05, 3.63) is 30.1 Å². The Morgan fingerprint density at radius 1 is 1.22 bits per heavy atom. The first-order valence-corrected chi connectivity index (χ1v) is 6.89. The van der Waals surface area contributed by atoms with Gasteiger partial charge in [0.1, 0.15) is 5.82 Å². The summed E-state index contributed by atoms with van der Waals surface area (Å²) in [6, 6.07) is 6.68. The minimum absolute atomic E-state index is 0.236. The van der Waals surface area contributed by atoms with E-state index in [1.54, 1.807) is 12.1 Å². The summed E-state index contributed by atoms with van der Waals surface area (Å²) in [6.07, 6.45) is 5.02. The third kappa shape index (κ3) is 3.67. The maximum absolute atomic E-state index is 12.8. The molecule has 1 aliphatic rings. The molecule has 98 valence electrons. The highest BCUT2D eigenvalue weighted by atomic mass is 32.1. The lowest BCUT2D eigenvalue weighted by atomic mass is 9.86. The van der Waals surface area contributed by atoms with Crippen LogP contribution in [-0.4, -0.2) is 11.2 Å². The van der Waals surface area contributed by atoms with Gasteiger partial charge in [-0.3, -0.25) is 0 Å². The van der Waals surface area contributed by atoms with Crippen LogP contribution in [0.3, 0.4) is 0 Å². The third-order valence-electron chi connectivity index (χ3n) is 3.53. The van der Waals surface area contributed by atoms with Gasteiger partial charge < -0.3 is 10.6 Å². The first-order chi connectivity index (χ1) is 8.65. The Labute approximate surface area is 113 Å². The fourth-order valence-corrected chi connectivity index (χ4v) is 2.67. The molecule has 0 amide bonds. The summed E-state index contributed by atoms with van der Waals surface area (Å²) in [7, 11) is 0. The van der Waals surface area contributed by atoms with Crippen LogP contribution in [0.2, 0.25) is 0 Å². The number of halogens is 1. The number of anilines is 1. The van der Waals surface area contributed by atoms with Gasteiger partial charge in [-0.2, -0.15) is 0 Å². The van der Waals surface area contributed by atoms with Gasteiger partial charge >= 0.3 is 0 Å². The quantitative estimate of drug-likeness (QED) is 0.798. The van der Waals surface area contributed by atoms with Gasteiger partial charge in [-0.15, -0.1) is 0 Å². The number of benzene rings is 1. The molecular formula is C14H19FN2S. The molecule has 0 radical (unpaired) electrons. The first-order valence-electron chi connectivity index (χ1n) is 6.48. The molecule has 2 rings (SSSR count). The molecule has 2 nitrogen and oxygen atoms in total. The highest BCUT2D eigenvalue weighted by Gasteiger charge is 2.21. The van der Waals surface area contributed by atoms with Crippen molar-refractivity contribution in [1.82, 2.24) is 5.32 Å². The Balaban J connectivity index is 1.86. The predicted octanol–water partition coefficient (Wildman–Crippen LogP) is 3.69. The molecule has 2 N–H and O–H groups in total. The molecule has 1 saturated carbocycles. The van der Waals surface area contributed by atoms with Gasteiger partial charge in [-0.1, -0.05) is 19.8 Å². The third-order valence-corrected chi connectivity index (χ3v) is 3.75. The normalized spacial score (nSPS) is 23.4. The molecular weight excluding hydrogens is 247 g/mol. The summed E-state index contributed by atoms with van der Waals surface area (Å²) in [5.41, 5.74) is 0.817. The largest absolute Gasteiger partial charge is 0.359 e. The smallest absolute Gasteiger partial charge is 0.171 e. The molecule has 0 aliphatic heterocycles. The minimum Gasteiger partial charge on any atom is -0.359 e. The van der Waals surface area contributed by atoms with Gasteiger partial charge in [0, 0.05) is 11.7 Å². The van der Waals surface area contributed by atoms with E-state index in [1.807, 2.05) is 0 Å². The van der Waals surface area contributed by atoms with Gasteiger partial charge in [-0.05, 0) is 55.2 Å². The van der Waals surface area contributed by atoms with Crippen LogP contribution in [-0.2, 0) is 0 Å². The van der Waals surface area contributed by atoms with Crippen LogP contribution >= 0.6 is 12.2 Å². The fourth-order valence-electron chi connectivity index (χ4n) is 2.40. The maximum Gasteiger partial charge on any atom is 0.171 e. The van der Waals surface area contributed by atoms with Crippen LogP contribution in [0, 0.1) is 11.7 Å². The molecule has 1 aliphatic carbocycles. The second-order valence-electron chi connectivity index (χ2n) is 4.97. The lowest BCUT2D eigenvalue weighted by Crippen LogP contribution is -2.43. The molecule has 18 heavy (non-hydrogen) atoms. The van der Waals surface area contributed by atoms with Gasteiger partial charge in [-0.25, -0.2) is 4.39 Å². The summed E-state index contributed by atoms with van der Waals surface area (Å²) in [5, 5.41) is 7.07. The van der Waals surface area contributed by atoms with Crippen molar-refractivity contribution < 1.29 is 4.39 Å². The molecule has 2 atom stereocenters. The van der Waals surface area contributed by atoms with Gasteiger partial charge in [0.2, 0.25) is 0 Å². The van der Waals surface area contributed by atoms with Crippen LogP contribution in [0.5, 0.6) is 0 Å². The topological polar surface area (TPSA) is 24.1 Å². The van der Waals surface area contributed by atoms with E-state index in [0.717, 1.165) is 5.69 Å². The van der Waals surface area contributed by atoms with E-state index in [4.69, 9.17) is 12.2 Å². The van der Waals surface area contributed by atoms with Crippen molar-refractivity contribution in [2.24, 2.45) is 5.92 Å². The van der Waals surface area contributed by atoms with E-state index in [1.165, 1.54) is 37.8 Å². The molecule has 1 aromatic carbocycles. The van der Waals surface area contributed by atoms with Gasteiger partial charge in [0.25, 0.3) is 0 Å². The molecule has 1 fully saturated rings. The van der Waals surface area contributed by atoms with Crippen LogP contribution in [0.25, 0.3) is 0 Å². The van der Waals surface area contributed by atoms with Gasteiger partial charge in [0.05, 0.1) is 0 Å². The van der Waals surface area contributed by atoms with Crippen LogP contribution < -0.4 is 10.6 Å². The standard InChI is InChI=1S/C14H19FN2S/c1-10-4-2-3-5-13(10)17-14(18)16-12-8-6-11(15)7-9-12/h6-10,13H,2-5H2,1H3,(H2,16,17,18)/t10-,13-/m1/s1. The van der Waals surface area contributed by atoms with Crippen molar-refractivity contribution >= 4 is 23.0 Å². The molecule has 4 heteroatoms. The summed E-state index contributed by atoms with van der Waals surface area (Å²) in [5.74, 6) is 0.423.